The lowest BCUT2D eigenvalue weighted by Gasteiger charge is -2.15. The summed E-state index contributed by atoms with van der Waals surface area (Å²) in [5, 5.41) is 5.63. The largest absolute Gasteiger partial charge is 0.493 e. The van der Waals surface area contributed by atoms with E-state index in [1.807, 2.05) is 30.3 Å². The van der Waals surface area contributed by atoms with Crippen LogP contribution >= 0.6 is 46.4 Å². The standard InChI is InChI=1S/C21H17Cl4NO2/c1-27-20-9-13(11-26-15-7-5-14(22)6-8-15)19(25)10-21(20)28-12-16-17(23)3-2-4-18(16)24/h2-10,26H,11-12H2,1H3. The van der Waals surface area contributed by atoms with E-state index in [0.29, 0.717) is 43.7 Å². The third-order valence-electron chi connectivity index (χ3n) is 4.09. The number of methoxy groups -OCH3 is 1. The van der Waals surface area contributed by atoms with Gasteiger partial charge in [-0.15, -0.1) is 0 Å². The minimum Gasteiger partial charge on any atom is -0.493 e. The van der Waals surface area contributed by atoms with E-state index in [1.54, 1.807) is 31.4 Å². The SMILES string of the molecule is COc1cc(CNc2ccc(Cl)cc2)c(Cl)cc1OCc1c(Cl)cccc1Cl. The van der Waals surface area contributed by atoms with Crippen LogP contribution in [0.1, 0.15) is 11.1 Å². The Kier molecular flexibility index (Phi) is 7.19. The monoisotopic (exact) mass is 455 g/mol. The van der Waals surface area contributed by atoms with Crippen molar-refractivity contribution in [3.8, 4) is 11.5 Å². The maximum absolute atomic E-state index is 6.45. The zero-order valence-electron chi connectivity index (χ0n) is 14.9. The van der Waals surface area contributed by atoms with Gasteiger partial charge < -0.3 is 14.8 Å². The molecule has 0 saturated carbocycles. The molecule has 3 aromatic rings. The van der Waals surface area contributed by atoms with Gasteiger partial charge in [0.1, 0.15) is 6.61 Å². The van der Waals surface area contributed by atoms with Crippen LogP contribution in [-0.4, -0.2) is 7.11 Å². The molecule has 0 heterocycles. The minimum atomic E-state index is 0.202. The molecule has 0 aromatic heterocycles. The van der Waals surface area contributed by atoms with Crippen molar-refractivity contribution in [3.05, 3.63) is 85.8 Å². The van der Waals surface area contributed by atoms with Gasteiger partial charge in [0.2, 0.25) is 0 Å². The third kappa shape index (κ3) is 5.18. The number of nitrogens with one attached hydrogen (secondary N) is 1. The lowest BCUT2D eigenvalue weighted by Crippen LogP contribution is -2.03. The molecular weight excluding hydrogens is 440 g/mol. The topological polar surface area (TPSA) is 30.5 Å². The fourth-order valence-electron chi connectivity index (χ4n) is 2.57. The van der Waals surface area contributed by atoms with E-state index in [-0.39, 0.29) is 6.61 Å². The maximum atomic E-state index is 6.45. The summed E-state index contributed by atoms with van der Waals surface area (Å²) in [5.74, 6) is 1.08. The first kappa shape index (κ1) is 20.9. The normalized spacial score (nSPS) is 10.6. The summed E-state index contributed by atoms with van der Waals surface area (Å²) in [5.41, 5.74) is 2.52. The summed E-state index contributed by atoms with van der Waals surface area (Å²) in [6.07, 6.45) is 0. The number of halogens is 4. The summed E-state index contributed by atoms with van der Waals surface area (Å²) < 4.78 is 11.3. The van der Waals surface area contributed by atoms with Gasteiger partial charge in [0, 0.05) is 44.0 Å². The van der Waals surface area contributed by atoms with Crippen molar-refractivity contribution in [2.45, 2.75) is 13.2 Å². The molecule has 0 aliphatic rings. The highest BCUT2D eigenvalue weighted by Crippen LogP contribution is 2.35. The molecule has 146 valence electrons. The highest BCUT2D eigenvalue weighted by molar-refractivity contribution is 6.36. The Morgan fingerprint density at radius 3 is 2.14 bits per heavy atom. The Morgan fingerprint density at radius 2 is 1.50 bits per heavy atom. The number of ether oxygens (including phenoxy) is 2. The number of hydrogen-bond donors (Lipinski definition) is 1. The van der Waals surface area contributed by atoms with Crippen molar-refractivity contribution in [2.75, 3.05) is 12.4 Å². The highest BCUT2D eigenvalue weighted by Gasteiger charge is 2.13. The Bertz CT molecular complexity index is 941. The van der Waals surface area contributed by atoms with Crippen LogP contribution < -0.4 is 14.8 Å². The van der Waals surface area contributed by atoms with Gasteiger partial charge >= 0.3 is 0 Å². The molecule has 0 unspecified atom stereocenters. The van der Waals surface area contributed by atoms with Gasteiger partial charge in [0.05, 0.1) is 7.11 Å². The van der Waals surface area contributed by atoms with E-state index in [2.05, 4.69) is 5.32 Å². The van der Waals surface area contributed by atoms with Crippen LogP contribution in [0.15, 0.2) is 54.6 Å². The molecule has 28 heavy (non-hydrogen) atoms. The maximum Gasteiger partial charge on any atom is 0.163 e. The minimum absolute atomic E-state index is 0.202. The molecule has 3 nitrogen and oxygen atoms in total. The molecule has 0 aliphatic heterocycles. The fraction of sp³-hybridized carbons (Fsp3) is 0.143. The first-order valence-electron chi connectivity index (χ1n) is 8.39. The van der Waals surface area contributed by atoms with Crippen LogP contribution in [0.5, 0.6) is 11.5 Å². The van der Waals surface area contributed by atoms with Crippen molar-refractivity contribution in [1.82, 2.24) is 0 Å². The van der Waals surface area contributed by atoms with Gasteiger partial charge in [-0.2, -0.15) is 0 Å². The average Bonchev–Trinajstić information content (AvgIpc) is 2.68. The van der Waals surface area contributed by atoms with E-state index in [9.17, 15) is 0 Å². The van der Waals surface area contributed by atoms with Crippen molar-refractivity contribution in [1.29, 1.82) is 0 Å². The summed E-state index contributed by atoms with van der Waals surface area (Å²) in [4.78, 5) is 0. The second kappa shape index (κ2) is 9.62. The lowest BCUT2D eigenvalue weighted by atomic mass is 10.2. The first-order valence-corrected chi connectivity index (χ1v) is 9.90. The van der Waals surface area contributed by atoms with Crippen molar-refractivity contribution in [2.24, 2.45) is 0 Å². The van der Waals surface area contributed by atoms with E-state index in [4.69, 9.17) is 55.9 Å². The van der Waals surface area contributed by atoms with Crippen LogP contribution in [-0.2, 0) is 13.2 Å². The van der Waals surface area contributed by atoms with Gasteiger partial charge in [-0.1, -0.05) is 52.5 Å². The Hall–Kier alpha value is -1.78. The summed E-state index contributed by atoms with van der Waals surface area (Å²) in [6.45, 7) is 0.723. The van der Waals surface area contributed by atoms with E-state index >= 15 is 0 Å². The van der Waals surface area contributed by atoms with E-state index < -0.39 is 0 Å². The summed E-state index contributed by atoms with van der Waals surface area (Å²) in [7, 11) is 1.58. The summed E-state index contributed by atoms with van der Waals surface area (Å²) in [6, 6.07) is 16.3. The molecule has 0 atom stereocenters. The second-order valence-corrected chi connectivity index (χ2v) is 7.60. The number of hydrogen-bond acceptors (Lipinski definition) is 3. The van der Waals surface area contributed by atoms with Crippen LogP contribution in [0.3, 0.4) is 0 Å². The second-order valence-electron chi connectivity index (χ2n) is 5.94. The van der Waals surface area contributed by atoms with Crippen LogP contribution in [0.25, 0.3) is 0 Å². The van der Waals surface area contributed by atoms with E-state index in [1.165, 1.54) is 0 Å². The van der Waals surface area contributed by atoms with Crippen molar-refractivity contribution >= 4 is 52.1 Å². The van der Waals surface area contributed by atoms with Crippen LogP contribution in [0.2, 0.25) is 20.1 Å². The molecule has 0 radical (unpaired) electrons. The molecule has 7 heteroatoms. The molecule has 1 N–H and O–H groups in total. The van der Waals surface area contributed by atoms with Crippen molar-refractivity contribution < 1.29 is 9.47 Å². The van der Waals surface area contributed by atoms with Gasteiger partial charge in [-0.05, 0) is 48.0 Å². The third-order valence-corrected chi connectivity index (χ3v) is 5.41. The Morgan fingerprint density at radius 1 is 0.821 bits per heavy atom. The molecule has 3 rings (SSSR count). The highest BCUT2D eigenvalue weighted by atomic mass is 35.5. The zero-order valence-corrected chi connectivity index (χ0v) is 18.0. The smallest absolute Gasteiger partial charge is 0.163 e. The van der Waals surface area contributed by atoms with Crippen molar-refractivity contribution in [3.63, 3.8) is 0 Å². The number of benzene rings is 3. The molecule has 3 aromatic carbocycles. The Labute approximate surface area is 184 Å². The number of rotatable bonds is 7. The average molecular weight is 457 g/mol. The number of anilines is 1. The predicted octanol–water partition coefficient (Wildman–Crippen LogP) is 7.50. The van der Waals surface area contributed by atoms with Gasteiger partial charge in [-0.3, -0.25) is 0 Å². The zero-order chi connectivity index (χ0) is 20.1. The fourth-order valence-corrected chi connectivity index (χ4v) is 3.42. The van der Waals surface area contributed by atoms with Crippen LogP contribution in [0.4, 0.5) is 5.69 Å². The lowest BCUT2D eigenvalue weighted by molar-refractivity contribution is 0.284. The molecule has 0 saturated heterocycles. The molecule has 0 aliphatic carbocycles. The molecule has 0 spiro atoms. The van der Waals surface area contributed by atoms with Gasteiger partial charge in [-0.25, -0.2) is 0 Å². The molecule has 0 amide bonds. The van der Waals surface area contributed by atoms with Gasteiger partial charge in [0.15, 0.2) is 11.5 Å². The quantitative estimate of drug-likeness (QED) is 0.399. The van der Waals surface area contributed by atoms with E-state index in [0.717, 1.165) is 11.3 Å². The molecule has 0 fully saturated rings. The van der Waals surface area contributed by atoms with Gasteiger partial charge in [0.25, 0.3) is 0 Å². The molecule has 0 bridgehead atoms. The molecular formula is C21H17Cl4NO2. The van der Waals surface area contributed by atoms with Crippen LogP contribution in [0, 0.1) is 0 Å². The summed E-state index contributed by atoms with van der Waals surface area (Å²) >= 11 is 24.7. The predicted molar refractivity (Wildman–Crippen MR) is 118 cm³/mol. The first-order chi connectivity index (χ1) is 13.5. The Balaban J connectivity index is 1.74.